The van der Waals surface area contributed by atoms with E-state index in [-0.39, 0.29) is 54.4 Å². The minimum atomic E-state index is -0.658. The number of nitrogens with zero attached hydrogens (tertiary/aromatic N) is 9. The lowest BCUT2D eigenvalue weighted by atomic mass is 9.76. The highest BCUT2D eigenvalue weighted by Gasteiger charge is 2.56. The van der Waals surface area contributed by atoms with Crippen molar-refractivity contribution in [2.45, 2.75) is 179 Å². The molecule has 4 saturated carbocycles. The number of anilines is 2. The molecular weight excluding hydrogens is 1140 g/mol. The average Bonchev–Trinajstić information content (AvgIpc) is 1.62. The molecule has 6 aromatic rings. The van der Waals surface area contributed by atoms with E-state index in [1.807, 2.05) is 90.6 Å². The van der Waals surface area contributed by atoms with Crippen LogP contribution in [0.25, 0.3) is 22.3 Å². The first-order valence-corrected chi connectivity index (χ1v) is 31.7. The van der Waals surface area contributed by atoms with Gasteiger partial charge in [-0.15, -0.1) is 0 Å². The molecular formula is C65H90N12O12. The standard InChI is InChI=1S/C33H46N6O6.C32H44N6O6/c1-7-43-27(40)11-8-20-12-23(13-20)38(4)17-22-14-25(30-29(22)44-33(2,3)45-30)39-19-37-28-31(35-18-36-32(28)39)34-16-21-9-10-24(41-5)15-26(21)42-6;1-6-42-26(39)10-7-19-11-22(12-19)33-16-21-13-24(29-28(21)43-32(2,3)44-29)38-18-37-27-30(35-17-36-31(27)38)34-15-20-8-9-23(40-4)14-25(20)41-5/h9-10,15,18-20,22-23,25,29-30H,7-8,11-14,16-17H2,1-6H3,(H,34,35,36);8-9,14,17-19,21-22,24,28-29,33H,6-7,10-13,15-16H2,1-5H3,(H,34,35,36)/t20?,22-,23?,25-,29-,30+;19?,21-,22?,24-,28-,29+/m11/s1. The van der Waals surface area contributed by atoms with Gasteiger partial charge in [-0.2, -0.15) is 0 Å². The zero-order chi connectivity index (χ0) is 62.6. The topological polar surface area (TPSA) is 253 Å². The van der Waals surface area contributed by atoms with E-state index in [1.54, 1.807) is 41.1 Å². The van der Waals surface area contributed by atoms with Crippen molar-refractivity contribution in [3.63, 3.8) is 0 Å². The van der Waals surface area contributed by atoms with E-state index >= 15 is 0 Å². The summed E-state index contributed by atoms with van der Waals surface area (Å²) in [6.45, 7) is 15.3. The average molecular weight is 1230 g/mol. The molecule has 4 aromatic heterocycles. The number of carbonyl (C=O) groups excluding carboxylic acids is 2. The molecule has 24 heteroatoms. The molecule has 6 fully saturated rings. The molecule has 0 radical (unpaired) electrons. The van der Waals surface area contributed by atoms with E-state index in [9.17, 15) is 9.59 Å². The van der Waals surface area contributed by atoms with Gasteiger partial charge in [0.25, 0.3) is 0 Å². The first-order valence-electron chi connectivity index (χ1n) is 31.7. The van der Waals surface area contributed by atoms with Gasteiger partial charge in [0.2, 0.25) is 0 Å². The number of imidazole rings is 2. The third-order valence-corrected chi connectivity index (χ3v) is 18.8. The number of carbonyl (C=O) groups is 2. The first-order chi connectivity index (χ1) is 43.0. The van der Waals surface area contributed by atoms with Gasteiger partial charge in [0, 0.05) is 86.2 Å². The minimum absolute atomic E-state index is 0.0217. The number of ether oxygens (including phenoxy) is 10. The molecule has 482 valence electrons. The molecule has 8 atom stereocenters. The number of fused-ring (bicyclic) bond motifs is 4. The lowest BCUT2D eigenvalue weighted by molar-refractivity contribution is -0.161. The molecule has 0 bridgehead atoms. The summed E-state index contributed by atoms with van der Waals surface area (Å²) in [5.74, 6) is 4.52. The predicted molar refractivity (Wildman–Crippen MR) is 332 cm³/mol. The van der Waals surface area contributed by atoms with Crippen LogP contribution in [0.4, 0.5) is 11.6 Å². The number of hydrogen-bond acceptors (Lipinski definition) is 22. The van der Waals surface area contributed by atoms with Crippen molar-refractivity contribution >= 4 is 45.9 Å². The Bertz CT molecular complexity index is 3380. The highest BCUT2D eigenvalue weighted by Crippen LogP contribution is 2.50. The number of benzene rings is 2. The Labute approximate surface area is 521 Å². The fourth-order valence-electron chi connectivity index (χ4n) is 14.2. The predicted octanol–water partition coefficient (Wildman–Crippen LogP) is 8.84. The normalized spacial score (nSPS) is 27.0. The molecule has 0 amide bonds. The Balaban J connectivity index is 0.000000184. The summed E-state index contributed by atoms with van der Waals surface area (Å²) in [6.07, 6.45) is 15.6. The number of rotatable bonds is 26. The van der Waals surface area contributed by atoms with Gasteiger partial charge in [-0.1, -0.05) is 0 Å². The van der Waals surface area contributed by atoms with Crippen molar-refractivity contribution in [1.29, 1.82) is 0 Å². The van der Waals surface area contributed by atoms with Gasteiger partial charge in [0.15, 0.2) is 34.5 Å². The molecule has 6 heterocycles. The molecule has 89 heavy (non-hydrogen) atoms. The summed E-state index contributed by atoms with van der Waals surface area (Å²) in [5.41, 5.74) is 4.90. The second-order valence-electron chi connectivity index (χ2n) is 25.5. The molecule has 3 N–H and O–H groups in total. The maximum absolute atomic E-state index is 11.8. The summed E-state index contributed by atoms with van der Waals surface area (Å²) in [5, 5.41) is 10.6. The molecule has 0 unspecified atom stereocenters. The van der Waals surface area contributed by atoms with Crippen LogP contribution in [0.5, 0.6) is 23.0 Å². The van der Waals surface area contributed by atoms with Crippen LogP contribution in [0.2, 0.25) is 0 Å². The molecule has 12 rings (SSSR count). The maximum Gasteiger partial charge on any atom is 0.305 e. The van der Waals surface area contributed by atoms with Gasteiger partial charge in [-0.3, -0.25) is 9.59 Å². The Morgan fingerprint density at radius 3 is 1.53 bits per heavy atom. The van der Waals surface area contributed by atoms with Crippen molar-refractivity contribution in [2.24, 2.45) is 23.7 Å². The van der Waals surface area contributed by atoms with Crippen molar-refractivity contribution in [1.82, 2.24) is 49.3 Å². The summed E-state index contributed by atoms with van der Waals surface area (Å²) in [6, 6.07) is 12.5. The van der Waals surface area contributed by atoms with Crippen LogP contribution in [0, 0.1) is 23.7 Å². The number of methoxy groups -OCH3 is 4. The number of aromatic nitrogens is 8. The van der Waals surface area contributed by atoms with Crippen molar-refractivity contribution in [2.75, 3.05) is 72.4 Å². The highest BCUT2D eigenvalue weighted by molar-refractivity contribution is 5.83. The maximum atomic E-state index is 11.8. The third-order valence-electron chi connectivity index (χ3n) is 18.8. The summed E-state index contributed by atoms with van der Waals surface area (Å²) in [4.78, 5) is 53.8. The van der Waals surface area contributed by atoms with Crippen LogP contribution < -0.4 is 34.9 Å². The molecule has 2 saturated heterocycles. The minimum Gasteiger partial charge on any atom is -0.497 e. The number of hydrogen-bond donors (Lipinski definition) is 3. The zero-order valence-corrected chi connectivity index (χ0v) is 53.4. The summed E-state index contributed by atoms with van der Waals surface area (Å²) >= 11 is 0. The van der Waals surface area contributed by atoms with Gasteiger partial charge < -0.3 is 77.4 Å². The summed E-state index contributed by atoms with van der Waals surface area (Å²) < 4.78 is 62.2. The second kappa shape index (κ2) is 27.6. The fourth-order valence-corrected chi connectivity index (χ4v) is 14.2. The van der Waals surface area contributed by atoms with Crippen LogP contribution in [0.1, 0.15) is 129 Å². The van der Waals surface area contributed by atoms with E-state index in [2.05, 4.69) is 57.0 Å². The van der Waals surface area contributed by atoms with Crippen LogP contribution in [0.3, 0.4) is 0 Å². The van der Waals surface area contributed by atoms with Crippen LogP contribution >= 0.6 is 0 Å². The molecule has 6 aliphatic rings. The van der Waals surface area contributed by atoms with Crippen molar-refractivity contribution in [3.8, 4) is 23.0 Å². The highest BCUT2D eigenvalue weighted by atomic mass is 16.8. The fraction of sp³-hybridized carbons (Fsp3) is 0.631. The second-order valence-corrected chi connectivity index (χ2v) is 25.5. The van der Waals surface area contributed by atoms with Gasteiger partial charge in [0.1, 0.15) is 58.9 Å². The van der Waals surface area contributed by atoms with E-state index in [1.165, 1.54) is 0 Å². The molecule has 2 aromatic carbocycles. The number of nitrogens with one attached hydrogen (secondary N) is 3. The Morgan fingerprint density at radius 1 is 0.596 bits per heavy atom. The third kappa shape index (κ3) is 14.3. The van der Waals surface area contributed by atoms with Gasteiger partial charge in [-0.05, 0) is 136 Å². The van der Waals surface area contributed by atoms with Crippen LogP contribution in [0.15, 0.2) is 61.7 Å². The molecule has 2 aliphatic heterocycles. The van der Waals surface area contributed by atoms with E-state index < -0.39 is 11.6 Å². The van der Waals surface area contributed by atoms with Gasteiger partial charge in [0.05, 0.1) is 78.6 Å². The molecule has 24 nitrogen and oxygen atoms in total. The van der Waals surface area contributed by atoms with Gasteiger partial charge >= 0.3 is 11.9 Å². The van der Waals surface area contributed by atoms with E-state index in [4.69, 9.17) is 57.3 Å². The quantitative estimate of drug-likeness (QED) is 0.0429. The smallest absolute Gasteiger partial charge is 0.305 e. The number of esters is 2. The van der Waals surface area contributed by atoms with E-state index in [0.717, 1.165) is 110 Å². The van der Waals surface area contributed by atoms with Gasteiger partial charge in [-0.25, -0.2) is 29.9 Å². The van der Waals surface area contributed by atoms with Crippen LogP contribution in [-0.2, 0) is 51.1 Å². The largest absolute Gasteiger partial charge is 0.497 e. The van der Waals surface area contributed by atoms with E-state index in [0.29, 0.717) is 91.7 Å². The monoisotopic (exact) mass is 1230 g/mol. The van der Waals surface area contributed by atoms with Crippen molar-refractivity contribution in [3.05, 3.63) is 72.8 Å². The Hall–Kier alpha value is -6.96. The molecule has 4 aliphatic carbocycles. The SMILES string of the molecule is CCOC(=O)CCC1CC(N(C)C[C@H]2C[C@@H](n3cnc4c(NCc5ccc(OC)cc5OC)ncnc43)[C@@H]3OC(C)(C)O[C@H]23)C1.CCOC(=O)CCC1CC(NC[C@H]2C[C@@H](n3cnc4c(NCc5ccc(OC)cc5OC)ncnc43)[C@@H]3OC(C)(C)O[C@H]23)C1. The van der Waals surface area contributed by atoms with Crippen molar-refractivity contribution < 1.29 is 57.0 Å². The Morgan fingerprint density at radius 2 is 1.06 bits per heavy atom. The summed E-state index contributed by atoms with van der Waals surface area (Å²) in [7, 11) is 8.78. The molecule has 0 spiro atoms. The lowest BCUT2D eigenvalue weighted by Crippen LogP contribution is -2.46. The van der Waals surface area contributed by atoms with Crippen LogP contribution in [-0.4, -0.2) is 166 Å². The lowest BCUT2D eigenvalue weighted by Gasteiger charge is -2.42. The first kappa shape index (κ1) is 63.6. The zero-order valence-electron chi connectivity index (χ0n) is 53.4. The Kier molecular flexibility index (Phi) is 19.8.